The van der Waals surface area contributed by atoms with Gasteiger partial charge < -0.3 is 4.74 Å². The van der Waals surface area contributed by atoms with Gasteiger partial charge in [0.25, 0.3) is 0 Å². The Labute approximate surface area is 113 Å². The van der Waals surface area contributed by atoms with Crippen LogP contribution in [0.3, 0.4) is 0 Å². The fourth-order valence-corrected chi connectivity index (χ4v) is 3.69. The molecule has 1 saturated heterocycles. The molecule has 0 spiro atoms. The van der Waals surface area contributed by atoms with E-state index >= 15 is 0 Å². The second-order valence-corrected chi connectivity index (χ2v) is 6.94. The summed E-state index contributed by atoms with van der Waals surface area (Å²) in [6, 6.07) is 3.82. The topological polar surface area (TPSA) is 46.6 Å². The Morgan fingerprint density at radius 3 is 2.84 bits per heavy atom. The van der Waals surface area contributed by atoms with Crippen LogP contribution >= 0.6 is 0 Å². The average molecular weight is 287 g/mol. The predicted octanol–water partition coefficient (Wildman–Crippen LogP) is 1.79. The van der Waals surface area contributed by atoms with Crippen molar-refractivity contribution >= 4 is 10.0 Å². The van der Waals surface area contributed by atoms with Gasteiger partial charge in [-0.25, -0.2) is 17.1 Å². The van der Waals surface area contributed by atoms with Crippen LogP contribution in [0.5, 0.6) is 0 Å². The molecule has 0 aromatic heterocycles. The Morgan fingerprint density at radius 2 is 2.21 bits per heavy atom. The van der Waals surface area contributed by atoms with Crippen LogP contribution in [0.2, 0.25) is 0 Å². The molecule has 0 radical (unpaired) electrons. The van der Waals surface area contributed by atoms with Crippen LogP contribution < -0.4 is 0 Å². The molecule has 6 heteroatoms. The van der Waals surface area contributed by atoms with Crippen molar-refractivity contribution in [1.82, 2.24) is 4.31 Å². The molecular formula is C13H18FNO3S. The third kappa shape index (κ3) is 3.13. The molecule has 1 atom stereocenters. The second-order valence-electron chi connectivity index (χ2n) is 4.92. The predicted molar refractivity (Wildman–Crippen MR) is 69.9 cm³/mol. The molecule has 1 unspecified atom stereocenters. The zero-order valence-electron chi connectivity index (χ0n) is 11.1. The molecule has 1 fully saturated rings. The minimum Gasteiger partial charge on any atom is -0.381 e. The number of nitrogens with zero attached hydrogens (tertiary/aromatic N) is 1. The number of sulfonamides is 1. The highest BCUT2D eigenvalue weighted by molar-refractivity contribution is 7.89. The largest absolute Gasteiger partial charge is 0.381 e. The van der Waals surface area contributed by atoms with Gasteiger partial charge in [0.1, 0.15) is 5.82 Å². The number of benzene rings is 1. The van der Waals surface area contributed by atoms with Crippen molar-refractivity contribution in [1.29, 1.82) is 0 Å². The van der Waals surface area contributed by atoms with Gasteiger partial charge in [-0.3, -0.25) is 0 Å². The maximum atomic E-state index is 13.2. The molecule has 1 aliphatic rings. The van der Waals surface area contributed by atoms with E-state index < -0.39 is 15.8 Å². The molecule has 1 aromatic carbocycles. The van der Waals surface area contributed by atoms with Crippen LogP contribution in [0, 0.1) is 18.7 Å². The van der Waals surface area contributed by atoms with Crippen molar-refractivity contribution in [2.24, 2.45) is 5.92 Å². The monoisotopic (exact) mass is 287 g/mol. The summed E-state index contributed by atoms with van der Waals surface area (Å²) in [5, 5.41) is 0. The van der Waals surface area contributed by atoms with Gasteiger partial charge in [-0.15, -0.1) is 0 Å². The van der Waals surface area contributed by atoms with E-state index in [0.717, 1.165) is 12.5 Å². The van der Waals surface area contributed by atoms with E-state index in [1.807, 2.05) is 0 Å². The van der Waals surface area contributed by atoms with Crippen molar-refractivity contribution in [3.63, 3.8) is 0 Å². The molecule has 0 bridgehead atoms. The van der Waals surface area contributed by atoms with E-state index in [9.17, 15) is 12.8 Å². The molecule has 0 aliphatic carbocycles. The maximum Gasteiger partial charge on any atom is 0.243 e. The van der Waals surface area contributed by atoms with Crippen LogP contribution in [0.25, 0.3) is 0 Å². The summed E-state index contributed by atoms with van der Waals surface area (Å²) in [5.41, 5.74) is 0.552. The smallest absolute Gasteiger partial charge is 0.243 e. The number of rotatable bonds is 4. The van der Waals surface area contributed by atoms with E-state index in [1.165, 1.54) is 23.5 Å². The first-order chi connectivity index (χ1) is 8.91. The third-order valence-electron chi connectivity index (χ3n) is 3.38. The molecule has 19 heavy (non-hydrogen) atoms. The Hall–Kier alpha value is -0.980. The molecule has 0 N–H and O–H groups in total. The Kier molecular flexibility index (Phi) is 4.23. The first-order valence-corrected chi connectivity index (χ1v) is 7.65. The average Bonchev–Trinajstić information content (AvgIpc) is 2.85. The number of hydrogen-bond donors (Lipinski definition) is 0. The van der Waals surface area contributed by atoms with Crippen molar-refractivity contribution in [2.75, 3.05) is 26.8 Å². The number of hydrogen-bond acceptors (Lipinski definition) is 3. The van der Waals surface area contributed by atoms with Crippen LogP contribution in [-0.4, -0.2) is 39.5 Å². The summed E-state index contributed by atoms with van der Waals surface area (Å²) >= 11 is 0. The summed E-state index contributed by atoms with van der Waals surface area (Å²) in [6.45, 7) is 3.33. The fraction of sp³-hybridized carbons (Fsp3) is 0.538. The van der Waals surface area contributed by atoms with Gasteiger partial charge in [0.05, 0.1) is 11.5 Å². The molecule has 0 amide bonds. The van der Waals surface area contributed by atoms with Gasteiger partial charge in [0, 0.05) is 20.2 Å². The van der Waals surface area contributed by atoms with Crippen molar-refractivity contribution in [3.05, 3.63) is 29.6 Å². The Balaban J connectivity index is 2.22. The molecule has 1 aromatic rings. The van der Waals surface area contributed by atoms with E-state index in [4.69, 9.17) is 4.74 Å². The van der Waals surface area contributed by atoms with E-state index in [0.29, 0.717) is 25.3 Å². The number of ether oxygens (including phenoxy) is 1. The summed E-state index contributed by atoms with van der Waals surface area (Å²) in [7, 11) is -2.12. The van der Waals surface area contributed by atoms with Crippen LogP contribution in [0.4, 0.5) is 4.39 Å². The molecule has 0 saturated carbocycles. The minimum atomic E-state index is -3.64. The fourth-order valence-electron chi connectivity index (χ4n) is 2.21. The molecule has 4 nitrogen and oxygen atoms in total. The summed E-state index contributed by atoms with van der Waals surface area (Å²) in [5.74, 6) is -0.324. The Morgan fingerprint density at radius 1 is 1.47 bits per heavy atom. The zero-order valence-corrected chi connectivity index (χ0v) is 11.9. The highest BCUT2D eigenvalue weighted by Crippen LogP contribution is 2.22. The number of halogens is 1. The van der Waals surface area contributed by atoms with Crippen molar-refractivity contribution in [3.8, 4) is 0 Å². The minimum absolute atomic E-state index is 0.0360. The lowest BCUT2D eigenvalue weighted by atomic mass is 10.1. The van der Waals surface area contributed by atoms with Gasteiger partial charge >= 0.3 is 0 Å². The van der Waals surface area contributed by atoms with Gasteiger partial charge in [-0.2, -0.15) is 0 Å². The third-order valence-corrected chi connectivity index (χ3v) is 5.34. The first kappa shape index (κ1) is 14.4. The summed E-state index contributed by atoms with van der Waals surface area (Å²) in [6.07, 6.45) is 0.863. The van der Waals surface area contributed by atoms with Gasteiger partial charge in [0.15, 0.2) is 0 Å². The molecular weight excluding hydrogens is 269 g/mol. The lowest BCUT2D eigenvalue weighted by molar-refractivity contribution is 0.182. The lowest BCUT2D eigenvalue weighted by Crippen LogP contribution is -2.32. The normalized spacial score (nSPS) is 20.1. The second kappa shape index (κ2) is 5.56. The maximum absolute atomic E-state index is 13.2. The zero-order chi connectivity index (χ0) is 14.0. The van der Waals surface area contributed by atoms with E-state index in [2.05, 4.69) is 0 Å². The highest BCUT2D eigenvalue weighted by atomic mass is 32.2. The Bertz CT molecular complexity index is 553. The summed E-state index contributed by atoms with van der Waals surface area (Å²) in [4.78, 5) is 0.0360. The van der Waals surface area contributed by atoms with Gasteiger partial charge in [0.2, 0.25) is 10.0 Å². The van der Waals surface area contributed by atoms with Gasteiger partial charge in [-0.05, 0) is 37.0 Å². The molecule has 1 heterocycles. The quantitative estimate of drug-likeness (QED) is 0.848. The van der Waals surface area contributed by atoms with Crippen molar-refractivity contribution in [2.45, 2.75) is 18.2 Å². The molecule has 2 rings (SSSR count). The number of aryl methyl sites for hydroxylation is 1. The van der Waals surface area contributed by atoms with Crippen LogP contribution in [-0.2, 0) is 14.8 Å². The van der Waals surface area contributed by atoms with E-state index in [-0.39, 0.29) is 10.8 Å². The van der Waals surface area contributed by atoms with Crippen LogP contribution in [0.1, 0.15) is 12.0 Å². The van der Waals surface area contributed by atoms with Gasteiger partial charge in [-0.1, -0.05) is 6.07 Å². The van der Waals surface area contributed by atoms with Crippen molar-refractivity contribution < 1.29 is 17.5 Å². The molecule has 106 valence electrons. The highest BCUT2D eigenvalue weighted by Gasteiger charge is 2.27. The van der Waals surface area contributed by atoms with E-state index in [1.54, 1.807) is 6.92 Å². The SMILES string of the molecule is Cc1ccc(F)cc1S(=O)(=O)N(C)CC1CCOC1. The van der Waals surface area contributed by atoms with Crippen LogP contribution in [0.15, 0.2) is 23.1 Å². The lowest BCUT2D eigenvalue weighted by Gasteiger charge is -2.21. The summed E-state index contributed by atoms with van der Waals surface area (Å²) < 4.78 is 44.6. The molecule has 1 aliphatic heterocycles. The first-order valence-electron chi connectivity index (χ1n) is 6.21. The standard InChI is InChI=1S/C13H18FNO3S/c1-10-3-4-12(14)7-13(10)19(16,17)15(2)8-11-5-6-18-9-11/h3-4,7,11H,5-6,8-9H2,1-2H3.